The van der Waals surface area contributed by atoms with Crippen LogP contribution in [-0.4, -0.2) is 9.38 Å². The zero-order valence-electron chi connectivity index (χ0n) is 25.6. The molecule has 2 nitrogen and oxygen atoms in total. The van der Waals surface area contributed by atoms with Crippen LogP contribution in [0.1, 0.15) is 0 Å². The third-order valence-corrected chi connectivity index (χ3v) is 9.78. The molecule has 0 radical (unpaired) electrons. The fourth-order valence-corrected chi connectivity index (χ4v) is 7.76. The van der Waals surface area contributed by atoms with Crippen molar-refractivity contribution in [3.05, 3.63) is 170 Å². The van der Waals surface area contributed by atoms with E-state index in [-0.39, 0.29) is 0 Å². The minimum atomic E-state index is 0.955. The fourth-order valence-electron chi connectivity index (χ4n) is 7.76. The van der Waals surface area contributed by atoms with E-state index >= 15 is 0 Å². The Hall–Kier alpha value is -6.25. The van der Waals surface area contributed by atoms with E-state index in [0.29, 0.717) is 0 Å². The Morgan fingerprint density at radius 3 is 1.57 bits per heavy atom. The molecule has 47 heavy (non-hydrogen) atoms. The molecule has 0 fully saturated rings. The van der Waals surface area contributed by atoms with Crippen LogP contribution in [0.2, 0.25) is 0 Å². The Kier molecular flexibility index (Phi) is 5.61. The highest BCUT2D eigenvalue weighted by Crippen LogP contribution is 2.58. The van der Waals surface area contributed by atoms with E-state index in [0.717, 1.165) is 16.9 Å². The lowest BCUT2D eigenvalue weighted by atomic mass is 9.82. The normalized spacial score (nSPS) is 11.8. The lowest BCUT2D eigenvalue weighted by Crippen LogP contribution is -1.93. The number of fused-ring (bicyclic) bond motifs is 5. The third-order valence-electron chi connectivity index (χ3n) is 9.78. The Morgan fingerprint density at radius 2 is 0.915 bits per heavy atom. The lowest BCUT2D eigenvalue weighted by Gasteiger charge is -2.20. The maximum Gasteiger partial charge on any atom is 0.137 e. The first-order valence-electron chi connectivity index (χ1n) is 16.1. The summed E-state index contributed by atoms with van der Waals surface area (Å²) < 4.78 is 2.07. The fraction of sp³-hybridized carbons (Fsp3) is 0. The molecular formula is C45H28N2. The number of rotatable bonds is 4. The minimum Gasteiger partial charge on any atom is -0.306 e. The van der Waals surface area contributed by atoms with Gasteiger partial charge in [0.25, 0.3) is 0 Å². The van der Waals surface area contributed by atoms with Gasteiger partial charge in [0.1, 0.15) is 5.65 Å². The Balaban J connectivity index is 1.23. The van der Waals surface area contributed by atoms with Crippen molar-refractivity contribution >= 4 is 27.2 Å². The topological polar surface area (TPSA) is 17.3 Å². The molecule has 0 unspecified atom stereocenters. The van der Waals surface area contributed by atoms with Gasteiger partial charge in [0.05, 0.1) is 5.69 Å². The van der Waals surface area contributed by atoms with Gasteiger partial charge in [0, 0.05) is 18.0 Å². The van der Waals surface area contributed by atoms with Gasteiger partial charge in [-0.3, -0.25) is 0 Å². The Labute approximate surface area is 272 Å². The van der Waals surface area contributed by atoms with Crippen molar-refractivity contribution in [1.82, 2.24) is 9.38 Å². The summed E-state index contributed by atoms with van der Waals surface area (Å²) in [5, 5.41) is 5.17. The maximum atomic E-state index is 4.84. The van der Waals surface area contributed by atoms with Crippen LogP contribution < -0.4 is 0 Å². The van der Waals surface area contributed by atoms with E-state index in [2.05, 4.69) is 150 Å². The second-order valence-electron chi connectivity index (χ2n) is 12.3. The summed E-state index contributed by atoms with van der Waals surface area (Å²) in [5.74, 6) is 0. The van der Waals surface area contributed by atoms with Crippen molar-refractivity contribution in [3.63, 3.8) is 0 Å². The molecule has 9 aromatic rings. The molecule has 1 aliphatic rings. The number of pyridine rings is 1. The predicted octanol–water partition coefficient (Wildman–Crippen LogP) is 12.0. The van der Waals surface area contributed by atoms with Crippen molar-refractivity contribution in [3.8, 4) is 66.9 Å². The van der Waals surface area contributed by atoms with Gasteiger partial charge < -0.3 is 4.40 Å². The number of aromatic nitrogens is 2. The summed E-state index contributed by atoms with van der Waals surface area (Å²) in [6.07, 6.45) is 4.14. The molecule has 0 saturated carbocycles. The van der Waals surface area contributed by atoms with Crippen LogP contribution in [0, 0.1) is 0 Å². The van der Waals surface area contributed by atoms with Crippen LogP contribution in [-0.2, 0) is 0 Å². The molecule has 0 N–H and O–H groups in total. The van der Waals surface area contributed by atoms with Crippen molar-refractivity contribution in [2.75, 3.05) is 0 Å². The molecule has 2 heteroatoms. The number of hydrogen-bond donors (Lipinski definition) is 0. The molecule has 2 heterocycles. The van der Waals surface area contributed by atoms with Gasteiger partial charge in [-0.25, -0.2) is 4.98 Å². The zero-order valence-corrected chi connectivity index (χ0v) is 25.6. The highest BCUT2D eigenvalue weighted by Gasteiger charge is 2.31. The van der Waals surface area contributed by atoms with E-state index in [1.54, 1.807) is 0 Å². The lowest BCUT2D eigenvalue weighted by molar-refractivity contribution is 1.19. The van der Waals surface area contributed by atoms with Crippen LogP contribution >= 0.6 is 0 Å². The molecule has 0 spiro atoms. The number of nitrogens with zero attached hydrogens (tertiary/aromatic N) is 2. The van der Waals surface area contributed by atoms with Gasteiger partial charge in [-0.05, 0) is 89.3 Å². The van der Waals surface area contributed by atoms with Crippen molar-refractivity contribution in [2.45, 2.75) is 0 Å². The van der Waals surface area contributed by atoms with Gasteiger partial charge in [0.15, 0.2) is 0 Å². The maximum absolute atomic E-state index is 4.84. The Bertz CT molecular complexity index is 2520. The standard InChI is InChI=1S/C45H28N2/c1-3-12-31(13-4-1)41-35-16-7-8-17-36(35)42(32-14-5-2-6-15-32)45-38-26-25-33(34-18-11-19-37(43(34)38)44(41)45)29-21-23-30(24-22-29)39-28-47-27-10-9-20-40(47)46-39/h1-28H. The summed E-state index contributed by atoms with van der Waals surface area (Å²) in [6, 6.07) is 57.3. The van der Waals surface area contributed by atoms with E-state index in [1.807, 2.05) is 24.4 Å². The minimum absolute atomic E-state index is 0.955. The molecule has 0 amide bonds. The molecular weight excluding hydrogens is 569 g/mol. The molecule has 2 aromatic heterocycles. The first kappa shape index (κ1) is 26.0. The van der Waals surface area contributed by atoms with Crippen molar-refractivity contribution in [1.29, 1.82) is 0 Å². The van der Waals surface area contributed by atoms with E-state index in [4.69, 9.17) is 4.98 Å². The molecule has 0 atom stereocenters. The SMILES string of the molecule is c1ccc(-c2c3c(c(-c4ccccc4)c4ccccc24)-c2ccc(-c4ccc(-c5cn6ccccc6n5)cc4)c4cccc-3c24)cc1. The van der Waals surface area contributed by atoms with Gasteiger partial charge in [-0.15, -0.1) is 0 Å². The van der Waals surface area contributed by atoms with Gasteiger partial charge in [0.2, 0.25) is 0 Å². The van der Waals surface area contributed by atoms with Gasteiger partial charge in [-0.1, -0.05) is 146 Å². The predicted molar refractivity (Wildman–Crippen MR) is 196 cm³/mol. The van der Waals surface area contributed by atoms with Crippen LogP contribution in [0.4, 0.5) is 0 Å². The van der Waals surface area contributed by atoms with Crippen molar-refractivity contribution in [2.24, 2.45) is 0 Å². The summed E-state index contributed by atoms with van der Waals surface area (Å²) in [4.78, 5) is 4.84. The van der Waals surface area contributed by atoms with E-state index < -0.39 is 0 Å². The van der Waals surface area contributed by atoms with Crippen LogP contribution in [0.5, 0.6) is 0 Å². The monoisotopic (exact) mass is 596 g/mol. The third kappa shape index (κ3) is 3.89. The summed E-state index contributed by atoms with van der Waals surface area (Å²) in [5.41, 5.74) is 15.8. The van der Waals surface area contributed by atoms with Gasteiger partial charge >= 0.3 is 0 Å². The Morgan fingerprint density at radius 1 is 0.362 bits per heavy atom. The average molecular weight is 597 g/mol. The molecule has 10 rings (SSSR count). The summed E-state index contributed by atoms with van der Waals surface area (Å²) >= 11 is 0. The molecule has 0 aliphatic heterocycles. The second-order valence-corrected chi connectivity index (χ2v) is 12.3. The number of imidazole rings is 1. The number of hydrogen-bond acceptors (Lipinski definition) is 1. The molecule has 218 valence electrons. The average Bonchev–Trinajstić information content (AvgIpc) is 3.72. The van der Waals surface area contributed by atoms with Crippen LogP contribution in [0.3, 0.4) is 0 Å². The van der Waals surface area contributed by atoms with E-state index in [9.17, 15) is 0 Å². The first-order valence-corrected chi connectivity index (χ1v) is 16.1. The second kappa shape index (κ2) is 10.1. The smallest absolute Gasteiger partial charge is 0.137 e. The molecule has 0 bridgehead atoms. The number of benzene rings is 7. The quantitative estimate of drug-likeness (QED) is 0.198. The van der Waals surface area contributed by atoms with Gasteiger partial charge in [-0.2, -0.15) is 0 Å². The van der Waals surface area contributed by atoms with Crippen LogP contribution in [0.25, 0.3) is 94.1 Å². The highest BCUT2D eigenvalue weighted by molar-refractivity contribution is 6.28. The summed E-state index contributed by atoms with van der Waals surface area (Å²) in [6.45, 7) is 0. The van der Waals surface area contributed by atoms with Crippen LogP contribution in [0.15, 0.2) is 170 Å². The highest BCUT2D eigenvalue weighted by atomic mass is 15.0. The summed E-state index contributed by atoms with van der Waals surface area (Å²) in [7, 11) is 0. The molecule has 1 aliphatic carbocycles. The molecule has 7 aromatic carbocycles. The first-order chi connectivity index (χ1) is 23.3. The zero-order chi connectivity index (χ0) is 30.9. The van der Waals surface area contributed by atoms with Crippen molar-refractivity contribution < 1.29 is 0 Å². The largest absolute Gasteiger partial charge is 0.306 e. The van der Waals surface area contributed by atoms with E-state index in [1.165, 1.54) is 77.2 Å². The molecule has 0 saturated heterocycles.